The van der Waals surface area contributed by atoms with Crippen LogP contribution in [0, 0.1) is 5.92 Å². The van der Waals surface area contributed by atoms with Crippen molar-refractivity contribution in [2.45, 2.75) is 45.2 Å². The summed E-state index contributed by atoms with van der Waals surface area (Å²) in [4.78, 5) is 19.1. The van der Waals surface area contributed by atoms with E-state index in [0.717, 1.165) is 34.4 Å². The van der Waals surface area contributed by atoms with Gasteiger partial charge in [-0.05, 0) is 57.0 Å². The van der Waals surface area contributed by atoms with Gasteiger partial charge in [-0.2, -0.15) is 5.10 Å². The zero-order valence-corrected chi connectivity index (χ0v) is 16.7. The third-order valence-corrected chi connectivity index (χ3v) is 6.27. The fourth-order valence-corrected chi connectivity index (χ4v) is 4.19. The summed E-state index contributed by atoms with van der Waals surface area (Å²) in [6.45, 7) is 6.59. The van der Waals surface area contributed by atoms with E-state index >= 15 is 0 Å². The zero-order valence-electron chi connectivity index (χ0n) is 15.9. The minimum absolute atomic E-state index is 0.108. The lowest BCUT2D eigenvalue weighted by atomic mass is 9.95. The van der Waals surface area contributed by atoms with Gasteiger partial charge in [-0.1, -0.05) is 6.07 Å². The van der Waals surface area contributed by atoms with E-state index in [1.54, 1.807) is 17.5 Å². The molecule has 142 valence electrons. The van der Waals surface area contributed by atoms with Crippen LogP contribution in [0.15, 0.2) is 29.8 Å². The van der Waals surface area contributed by atoms with Crippen molar-refractivity contribution in [2.24, 2.45) is 11.7 Å². The lowest BCUT2D eigenvalue weighted by Gasteiger charge is -2.29. The van der Waals surface area contributed by atoms with Crippen molar-refractivity contribution >= 4 is 28.3 Å². The molecule has 0 aromatic carbocycles. The van der Waals surface area contributed by atoms with Crippen molar-refractivity contribution < 1.29 is 4.79 Å². The van der Waals surface area contributed by atoms with Crippen LogP contribution in [0.3, 0.4) is 0 Å². The van der Waals surface area contributed by atoms with E-state index < -0.39 is 0 Å². The Balaban J connectivity index is 1.82. The van der Waals surface area contributed by atoms with Gasteiger partial charge < -0.3 is 11.1 Å². The van der Waals surface area contributed by atoms with Gasteiger partial charge in [0.2, 0.25) is 0 Å². The highest BCUT2D eigenvalue weighted by Gasteiger charge is 2.42. The molecule has 27 heavy (non-hydrogen) atoms. The molecule has 0 aliphatic heterocycles. The fraction of sp³-hybridized carbons (Fsp3) is 0.450. The highest BCUT2D eigenvalue weighted by atomic mass is 32.1. The molecule has 1 amide bonds. The van der Waals surface area contributed by atoms with E-state index in [1.807, 2.05) is 35.2 Å². The number of fused-ring (bicyclic) bond motifs is 1. The second-order valence-electron chi connectivity index (χ2n) is 7.80. The van der Waals surface area contributed by atoms with E-state index in [2.05, 4.69) is 24.3 Å². The Kier molecular flexibility index (Phi) is 4.52. The zero-order chi connectivity index (χ0) is 19.2. The molecule has 3 aromatic heterocycles. The second kappa shape index (κ2) is 6.73. The highest BCUT2D eigenvalue weighted by Crippen LogP contribution is 2.39. The van der Waals surface area contributed by atoms with E-state index in [1.165, 1.54) is 0 Å². The van der Waals surface area contributed by atoms with Crippen LogP contribution >= 0.6 is 11.3 Å². The Morgan fingerprint density at radius 3 is 2.85 bits per heavy atom. The lowest BCUT2D eigenvalue weighted by Crippen LogP contribution is -2.53. The number of nitrogens with zero attached hydrogens (tertiary/aromatic N) is 3. The van der Waals surface area contributed by atoms with Gasteiger partial charge in [-0.15, -0.1) is 11.3 Å². The van der Waals surface area contributed by atoms with E-state index in [9.17, 15) is 4.79 Å². The fourth-order valence-electron chi connectivity index (χ4n) is 3.50. The molecular formula is C20H25N5OS. The van der Waals surface area contributed by atoms with Gasteiger partial charge in [0.25, 0.3) is 5.91 Å². The minimum Gasteiger partial charge on any atom is -0.345 e. The maximum atomic E-state index is 13.2. The van der Waals surface area contributed by atoms with Crippen LogP contribution in [0.4, 0.5) is 0 Å². The molecule has 1 fully saturated rings. The summed E-state index contributed by atoms with van der Waals surface area (Å²) in [5.74, 6) is 0.349. The molecule has 7 heteroatoms. The third kappa shape index (κ3) is 3.26. The van der Waals surface area contributed by atoms with E-state index in [4.69, 9.17) is 10.7 Å². The van der Waals surface area contributed by atoms with Crippen LogP contribution in [-0.2, 0) is 0 Å². The Labute approximate surface area is 162 Å². The molecule has 1 unspecified atom stereocenters. The predicted molar refractivity (Wildman–Crippen MR) is 109 cm³/mol. The van der Waals surface area contributed by atoms with Crippen molar-refractivity contribution in [1.29, 1.82) is 0 Å². The number of hydrogen-bond acceptors (Lipinski definition) is 5. The average Bonchev–Trinajstić information content (AvgIpc) is 3.20. The second-order valence-corrected chi connectivity index (χ2v) is 8.75. The molecule has 1 atom stereocenters. The van der Waals surface area contributed by atoms with Crippen molar-refractivity contribution in [3.8, 4) is 10.6 Å². The lowest BCUT2D eigenvalue weighted by molar-refractivity contribution is 0.0899. The summed E-state index contributed by atoms with van der Waals surface area (Å²) < 4.78 is 1.87. The molecule has 3 N–H and O–H groups in total. The molecular weight excluding hydrogens is 358 g/mol. The van der Waals surface area contributed by atoms with E-state index in [-0.39, 0.29) is 17.5 Å². The topological polar surface area (TPSA) is 85.8 Å². The smallest absolute Gasteiger partial charge is 0.252 e. The number of aromatic nitrogens is 3. The van der Waals surface area contributed by atoms with Crippen molar-refractivity contribution in [3.05, 3.63) is 35.3 Å². The number of hydrogen-bond donors (Lipinski definition) is 2. The van der Waals surface area contributed by atoms with Crippen LogP contribution in [-0.4, -0.2) is 32.8 Å². The average molecular weight is 384 g/mol. The summed E-state index contributed by atoms with van der Waals surface area (Å²) in [6.07, 6.45) is 3.98. The minimum atomic E-state index is -0.371. The standard InChI is InChI=1S/C20H25N5OS/c1-12(2)25-18-15(10-22-25)14(9-16(23-18)17-5-4-8-27-17)19(26)24-20(3,11-21)13-6-7-13/h4-5,8-10,12-13H,6-7,11,21H2,1-3H3,(H,24,26). The summed E-state index contributed by atoms with van der Waals surface area (Å²) >= 11 is 1.61. The molecule has 3 heterocycles. The number of carbonyl (C=O) groups excluding carboxylic acids is 1. The SMILES string of the molecule is CC(C)n1ncc2c(C(=O)NC(C)(CN)C3CC3)cc(-c3cccs3)nc21. The van der Waals surface area contributed by atoms with Crippen LogP contribution in [0.5, 0.6) is 0 Å². The third-order valence-electron chi connectivity index (χ3n) is 5.38. The maximum absolute atomic E-state index is 13.2. The first kappa shape index (κ1) is 18.1. The molecule has 0 saturated heterocycles. The van der Waals surface area contributed by atoms with Crippen LogP contribution in [0.25, 0.3) is 21.6 Å². The van der Waals surface area contributed by atoms with Crippen LogP contribution < -0.4 is 11.1 Å². The quantitative estimate of drug-likeness (QED) is 0.681. The molecule has 0 radical (unpaired) electrons. The summed E-state index contributed by atoms with van der Waals surface area (Å²) in [6, 6.07) is 6.04. The van der Waals surface area contributed by atoms with Gasteiger partial charge in [0.15, 0.2) is 5.65 Å². The van der Waals surface area contributed by atoms with Gasteiger partial charge in [0, 0.05) is 12.6 Å². The van der Waals surface area contributed by atoms with Crippen molar-refractivity contribution in [2.75, 3.05) is 6.54 Å². The first-order valence-electron chi connectivity index (χ1n) is 9.37. The number of nitrogens with one attached hydrogen (secondary N) is 1. The maximum Gasteiger partial charge on any atom is 0.252 e. The van der Waals surface area contributed by atoms with Gasteiger partial charge >= 0.3 is 0 Å². The largest absolute Gasteiger partial charge is 0.345 e. The highest BCUT2D eigenvalue weighted by molar-refractivity contribution is 7.13. The van der Waals surface area contributed by atoms with E-state index in [0.29, 0.717) is 18.0 Å². The summed E-state index contributed by atoms with van der Waals surface area (Å²) in [7, 11) is 0. The molecule has 3 aromatic rings. The Morgan fingerprint density at radius 2 is 2.26 bits per heavy atom. The number of amides is 1. The first-order valence-corrected chi connectivity index (χ1v) is 10.3. The predicted octanol–water partition coefficient (Wildman–Crippen LogP) is 3.60. The van der Waals surface area contributed by atoms with Gasteiger partial charge in [-0.25, -0.2) is 9.67 Å². The number of carbonyl (C=O) groups is 1. The monoisotopic (exact) mass is 383 g/mol. The molecule has 4 rings (SSSR count). The Bertz CT molecular complexity index is 974. The van der Waals surface area contributed by atoms with Crippen molar-refractivity contribution in [1.82, 2.24) is 20.1 Å². The normalized spacial score (nSPS) is 16.6. The molecule has 0 bridgehead atoms. The molecule has 1 saturated carbocycles. The number of rotatable bonds is 6. The number of pyridine rings is 1. The van der Waals surface area contributed by atoms with Gasteiger partial charge in [0.1, 0.15) is 0 Å². The summed E-state index contributed by atoms with van der Waals surface area (Å²) in [5, 5.41) is 10.5. The summed E-state index contributed by atoms with van der Waals surface area (Å²) in [5.41, 5.74) is 7.77. The van der Waals surface area contributed by atoms with Crippen molar-refractivity contribution in [3.63, 3.8) is 0 Å². The number of nitrogens with two attached hydrogens (primary N) is 1. The van der Waals surface area contributed by atoms with Gasteiger partial charge in [0.05, 0.1) is 33.3 Å². The number of thiophene rings is 1. The molecule has 6 nitrogen and oxygen atoms in total. The van der Waals surface area contributed by atoms with Gasteiger partial charge in [-0.3, -0.25) is 4.79 Å². The first-order chi connectivity index (χ1) is 12.9. The van der Waals surface area contributed by atoms with Crippen LogP contribution in [0.1, 0.15) is 50.0 Å². The van der Waals surface area contributed by atoms with Crippen LogP contribution in [0.2, 0.25) is 0 Å². The molecule has 1 aliphatic carbocycles. The Hall–Kier alpha value is -2.25. The molecule has 0 spiro atoms. The molecule has 1 aliphatic rings. The Morgan fingerprint density at radius 1 is 1.48 bits per heavy atom.